The topological polar surface area (TPSA) is 0 Å². The Labute approximate surface area is 118 Å². The van der Waals surface area contributed by atoms with Crippen LogP contribution in [0.2, 0.25) is 0 Å². The van der Waals surface area contributed by atoms with Crippen molar-refractivity contribution in [3.05, 3.63) is 0 Å². The van der Waals surface area contributed by atoms with Crippen molar-refractivity contribution in [2.75, 3.05) is 0 Å². The Bertz CT molecular complexity index is 11.5. The average Bonchev–Trinajstić information content (AvgIpc) is 0. The monoisotopic (exact) mass is 436 g/mol. The Morgan fingerprint density at radius 3 is 1.00 bits per heavy atom. The molecule has 4 heteroatoms. The Kier molecular flexibility index (Phi) is 97.8. The molecule has 0 amide bonds. The molecule has 24 valence electrons. The van der Waals surface area contributed by atoms with E-state index >= 15 is 0 Å². The fourth-order valence-electron chi connectivity index (χ4n) is 0. The van der Waals surface area contributed by atoms with E-state index in [1.54, 1.807) is 0 Å². The van der Waals surface area contributed by atoms with Crippen molar-refractivity contribution in [2.24, 2.45) is 0 Å². The maximum absolute atomic E-state index is 0. The molecule has 0 heterocycles. The van der Waals surface area contributed by atoms with Crippen LogP contribution >= 0.6 is 0 Å². The maximum Gasteiger partial charge on any atom is 0 e. The average molecular weight is 433 g/mol. The summed E-state index contributed by atoms with van der Waals surface area (Å²) in [7, 11) is 0. The van der Waals surface area contributed by atoms with Gasteiger partial charge in [0.25, 0.3) is 0 Å². The minimum Gasteiger partial charge on any atom is 0 e. The van der Waals surface area contributed by atoms with Gasteiger partial charge >= 0.3 is 96.7 Å². The van der Waals surface area contributed by atoms with Crippen LogP contribution in [-0.2, 0) is 21.7 Å². The van der Waals surface area contributed by atoms with E-state index in [1.807, 2.05) is 0 Å². The summed E-state index contributed by atoms with van der Waals surface area (Å²) in [6, 6.07) is 0. The van der Waals surface area contributed by atoms with Gasteiger partial charge in [0.15, 0.2) is 0 Å². The molecule has 0 bridgehead atoms. The molecule has 0 unspecified atom stereocenters. The third kappa shape index (κ3) is 9.30. The molecular formula is H10BaSn2Ti. The molecule has 0 nitrogen and oxygen atoms in total. The minimum absolute atomic E-state index is 0. The normalized spacial score (nSPS) is 0. The van der Waals surface area contributed by atoms with Crippen LogP contribution in [0.15, 0.2) is 0 Å². The van der Waals surface area contributed by atoms with Crippen molar-refractivity contribution in [3.63, 3.8) is 0 Å². The zero-order valence-corrected chi connectivity index (χ0v) is 7.21. The predicted molar refractivity (Wildman–Crippen MR) is 30.6 cm³/mol. The Balaban J connectivity index is 0. The fraction of sp³-hybridized carbons (Fsp3) is 0. The van der Waals surface area contributed by atoms with Crippen molar-refractivity contribution >= 4 is 96.7 Å². The predicted octanol–water partition coefficient (Wildman–Crippen LogP) is -3.06. The Hall–Kier alpha value is 3.88. The van der Waals surface area contributed by atoms with Gasteiger partial charge in [0.1, 0.15) is 0 Å². The SMILES string of the molecule is [Ba+2].[H-].[H-].[SnH4].[SnH4].[Ti]. The molecule has 0 aromatic heterocycles. The fourth-order valence-corrected chi connectivity index (χ4v) is 0. The first kappa shape index (κ1) is 24.8. The second-order valence-electron chi connectivity index (χ2n) is 0. The van der Waals surface area contributed by atoms with E-state index in [0.717, 1.165) is 0 Å². The molecule has 0 aliphatic heterocycles. The summed E-state index contributed by atoms with van der Waals surface area (Å²) in [5, 5.41) is 0. The van der Waals surface area contributed by atoms with Crippen molar-refractivity contribution in [3.8, 4) is 0 Å². The van der Waals surface area contributed by atoms with Gasteiger partial charge in [-0.15, -0.1) is 0 Å². The number of rotatable bonds is 0. The van der Waals surface area contributed by atoms with E-state index in [0.29, 0.717) is 0 Å². The first-order chi connectivity index (χ1) is 0. The molecule has 0 spiro atoms. The van der Waals surface area contributed by atoms with Crippen LogP contribution in [0.3, 0.4) is 0 Å². The van der Waals surface area contributed by atoms with Gasteiger partial charge in [0, 0.05) is 21.7 Å². The van der Waals surface area contributed by atoms with Crippen molar-refractivity contribution < 1.29 is 24.6 Å². The second-order valence-corrected chi connectivity index (χ2v) is 0. The van der Waals surface area contributed by atoms with Crippen LogP contribution in [0.5, 0.6) is 0 Å². The second kappa shape index (κ2) is 15.8. The van der Waals surface area contributed by atoms with Gasteiger partial charge < -0.3 is 2.85 Å². The Morgan fingerprint density at radius 1 is 1.00 bits per heavy atom. The van der Waals surface area contributed by atoms with Crippen LogP contribution in [0.4, 0.5) is 0 Å². The van der Waals surface area contributed by atoms with E-state index in [-0.39, 0.29) is 121 Å². The van der Waals surface area contributed by atoms with Crippen molar-refractivity contribution in [1.29, 1.82) is 0 Å². The third-order valence-corrected chi connectivity index (χ3v) is 0. The summed E-state index contributed by atoms with van der Waals surface area (Å²) in [5.41, 5.74) is 0. The first-order valence-corrected chi connectivity index (χ1v) is 0. The molecular weight excluding hydrogens is 423 g/mol. The summed E-state index contributed by atoms with van der Waals surface area (Å²) in [5.74, 6) is 0. The number of hydrogen-bond acceptors (Lipinski definition) is 0. The summed E-state index contributed by atoms with van der Waals surface area (Å²) < 4.78 is 0. The van der Waals surface area contributed by atoms with Crippen molar-refractivity contribution in [1.82, 2.24) is 0 Å². The third-order valence-electron chi connectivity index (χ3n) is 0. The minimum atomic E-state index is 0. The molecule has 0 aliphatic rings. The summed E-state index contributed by atoms with van der Waals surface area (Å²) in [4.78, 5) is 0. The zero-order chi connectivity index (χ0) is 0. The molecule has 0 atom stereocenters. The van der Waals surface area contributed by atoms with Gasteiger partial charge in [-0.2, -0.15) is 0 Å². The standard InChI is InChI=1S/Ba.2Sn.Ti.10H/q+2;;;;;;;;;;;;2*-1. The van der Waals surface area contributed by atoms with Crippen LogP contribution in [0.1, 0.15) is 2.85 Å². The molecule has 0 saturated carbocycles. The zero-order valence-electron chi connectivity index (χ0n) is 3.21. The molecule has 0 fully saturated rings. The smallest absolute Gasteiger partial charge is 0 e. The van der Waals surface area contributed by atoms with E-state index in [1.165, 1.54) is 0 Å². The van der Waals surface area contributed by atoms with E-state index in [2.05, 4.69) is 0 Å². The quantitative estimate of drug-likeness (QED) is 0.357. The van der Waals surface area contributed by atoms with E-state index in [9.17, 15) is 0 Å². The number of hydrogen-bond donors (Lipinski definition) is 0. The maximum atomic E-state index is 0. The molecule has 0 aliphatic carbocycles. The van der Waals surface area contributed by atoms with Gasteiger partial charge in [-0.3, -0.25) is 0 Å². The van der Waals surface area contributed by atoms with Crippen LogP contribution in [0, 0.1) is 0 Å². The Morgan fingerprint density at radius 2 is 1.00 bits per heavy atom. The van der Waals surface area contributed by atoms with Gasteiger partial charge in [0.2, 0.25) is 0 Å². The van der Waals surface area contributed by atoms with Crippen molar-refractivity contribution in [2.45, 2.75) is 0 Å². The van der Waals surface area contributed by atoms with Gasteiger partial charge in [-0.25, -0.2) is 0 Å². The molecule has 0 saturated heterocycles. The summed E-state index contributed by atoms with van der Waals surface area (Å²) in [6.07, 6.45) is 0. The van der Waals surface area contributed by atoms with E-state index < -0.39 is 0 Å². The van der Waals surface area contributed by atoms with Gasteiger partial charge in [-0.05, 0) is 0 Å². The van der Waals surface area contributed by atoms with Gasteiger partial charge in [-0.1, -0.05) is 0 Å². The molecule has 0 N–H and O–H groups in total. The first-order valence-electron chi connectivity index (χ1n) is 0. The van der Waals surface area contributed by atoms with Crippen LogP contribution < -0.4 is 0 Å². The van der Waals surface area contributed by atoms with E-state index in [4.69, 9.17) is 0 Å². The van der Waals surface area contributed by atoms with Crippen LogP contribution in [0.25, 0.3) is 0 Å². The largest absolute Gasteiger partial charge is 0 e. The van der Waals surface area contributed by atoms with Crippen LogP contribution in [-0.4, -0.2) is 96.7 Å². The molecule has 0 aromatic rings. The summed E-state index contributed by atoms with van der Waals surface area (Å²) >= 11 is 0. The molecule has 0 rings (SSSR count). The molecule has 4 heavy (non-hydrogen) atoms. The molecule has 0 aromatic carbocycles. The molecule has 0 radical (unpaired) electrons. The van der Waals surface area contributed by atoms with Gasteiger partial charge in [0.05, 0.1) is 0 Å². The summed E-state index contributed by atoms with van der Waals surface area (Å²) in [6.45, 7) is 0.